The van der Waals surface area contributed by atoms with Gasteiger partial charge in [-0.25, -0.2) is 4.99 Å². The molecule has 0 amide bonds. The van der Waals surface area contributed by atoms with Gasteiger partial charge in [0.05, 0.1) is 7.11 Å². The molecule has 0 bridgehead atoms. The van der Waals surface area contributed by atoms with Gasteiger partial charge in [0.2, 0.25) is 5.88 Å². The maximum atomic E-state index is 9.08. The number of furan rings is 1. The van der Waals surface area contributed by atoms with E-state index in [4.69, 9.17) is 14.4 Å². The van der Waals surface area contributed by atoms with Gasteiger partial charge in [-0.15, -0.1) is 0 Å². The third-order valence-corrected chi connectivity index (χ3v) is 2.93. The molecule has 0 N–H and O–H groups in total. The smallest absolute Gasteiger partial charge is 0.237 e. The van der Waals surface area contributed by atoms with Crippen LogP contribution in [0.4, 0.5) is 5.88 Å². The molecule has 0 radical (unpaired) electrons. The molecule has 19 heavy (non-hydrogen) atoms. The van der Waals surface area contributed by atoms with Crippen LogP contribution in [-0.2, 0) is 0 Å². The SMILES string of the molecule is COc1ccc(/C=N/c2oc(C)c(C)c2C#N)cc1. The lowest BCUT2D eigenvalue weighted by atomic mass is 10.2. The van der Waals surface area contributed by atoms with Crippen LogP contribution >= 0.6 is 0 Å². The van der Waals surface area contributed by atoms with Crippen molar-refractivity contribution in [1.82, 2.24) is 0 Å². The summed E-state index contributed by atoms with van der Waals surface area (Å²) in [5.74, 6) is 1.87. The van der Waals surface area contributed by atoms with Crippen molar-refractivity contribution in [3.63, 3.8) is 0 Å². The molecule has 0 aliphatic heterocycles. The van der Waals surface area contributed by atoms with Gasteiger partial charge in [-0.2, -0.15) is 5.26 Å². The van der Waals surface area contributed by atoms with Crippen molar-refractivity contribution >= 4 is 12.1 Å². The fourth-order valence-electron chi connectivity index (χ4n) is 1.65. The Labute approximate surface area is 112 Å². The highest BCUT2D eigenvalue weighted by molar-refractivity contribution is 5.82. The minimum atomic E-state index is 0.355. The van der Waals surface area contributed by atoms with Crippen molar-refractivity contribution in [2.24, 2.45) is 4.99 Å². The molecule has 0 unspecified atom stereocenters. The molecule has 0 spiro atoms. The first-order valence-corrected chi connectivity index (χ1v) is 5.84. The van der Waals surface area contributed by atoms with Gasteiger partial charge in [-0.05, 0) is 43.7 Å². The van der Waals surface area contributed by atoms with Crippen LogP contribution < -0.4 is 4.74 Å². The topological polar surface area (TPSA) is 58.5 Å². The molecule has 1 aromatic heterocycles. The number of ether oxygens (including phenoxy) is 1. The van der Waals surface area contributed by atoms with E-state index in [1.54, 1.807) is 13.3 Å². The van der Waals surface area contributed by atoms with E-state index in [2.05, 4.69) is 11.1 Å². The van der Waals surface area contributed by atoms with Crippen LogP contribution in [0.2, 0.25) is 0 Å². The Hall–Kier alpha value is -2.54. The highest BCUT2D eigenvalue weighted by atomic mass is 16.5. The molecule has 1 aromatic carbocycles. The number of aliphatic imine (C=N–C) groups is 1. The quantitative estimate of drug-likeness (QED) is 0.787. The molecule has 0 saturated carbocycles. The van der Waals surface area contributed by atoms with E-state index in [1.807, 2.05) is 38.1 Å². The zero-order valence-electron chi connectivity index (χ0n) is 11.1. The van der Waals surface area contributed by atoms with Crippen LogP contribution in [0.15, 0.2) is 33.7 Å². The number of nitrogens with zero attached hydrogens (tertiary/aromatic N) is 2. The van der Waals surface area contributed by atoms with E-state index >= 15 is 0 Å². The van der Waals surface area contributed by atoms with Crippen LogP contribution in [0.5, 0.6) is 5.75 Å². The second-order valence-electron chi connectivity index (χ2n) is 4.11. The summed E-state index contributed by atoms with van der Waals surface area (Å²) in [6, 6.07) is 9.59. The third-order valence-electron chi connectivity index (χ3n) is 2.93. The number of aryl methyl sites for hydroxylation is 1. The first-order chi connectivity index (χ1) is 9.15. The number of rotatable bonds is 3. The Morgan fingerprint density at radius 2 is 1.95 bits per heavy atom. The Morgan fingerprint density at radius 1 is 1.26 bits per heavy atom. The van der Waals surface area contributed by atoms with Gasteiger partial charge >= 0.3 is 0 Å². The van der Waals surface area contributed by atoms with E-state index in [0.717, 1.165) is 22.6 Å². The maximum absolute atomic E-state index is 9.08. The molecule has 2 rings (SSSR count). The third kappa shape index (κ3) is 2.66. The summed E-state index contributed by atoms with van der Waals surface area (Å²) in [6.45, 7) is 3.67. The first-order valence-electron chi connectivity index (χ1n) is 5.84. The summed E-state index contributed by atoms with van der Waals surface area (Å²) < 4.78 is 10.5. The van der Waals surface area contributed by atoms with E-state index in [-0.39, 0.29) is 0 Å². The normalized spacial score (nSPS) is 10.6. The zero-order chi connectivity index (χ0) is 13.8. The minimum absolute atomic E-state index is 0.355. The summed E-state index contributed by atoms with van der Waals surface area (Å²) in [6.07, 6.45) is 1.66. The van der Waals surface area contributed by atoms with Crippen LogP contribution in [0.3, 0.4) is 0 Å². The lowest BCUT2D eigenvalue weighted by Crippen LogP contribution is -1.84. The molecule has 96 valence electrons. The Balaban J connectivity index is 2.27. The highest BCUT2D eigenvalue weighted by Crippen LogP contribution is 2.27. The lowest BCUT2D eigenvalue weighted by molar-refractivity contribution is 0.415. The maximum Gasteiger partial charge on any atom is 0.237 e. The molecule has 0 fully saturated rings. The standard InChI is InChI=1S/C15H14N2O2/c1-10-11(2)19-15(14(10)8-16)17-9-12-4-6-13(18-3)7-5-12/h4-7,9H,1-3H3/b17-9+. The molecule has 4 nitrogen and oxygen atoms in total. The Kier molecular flexibility index (Phi) is 3.67. The Morgan fingerprint density at radius 3 is 2.53 bits per heavy atom. The van der Waals surface area contributed by atoms with E-state index in [9.17, 15) is 0 Å². The average Bonchev–Trinajstić information content (AvgIpc) is 2.72. The van der Waals surface area contributed by atoms with Gasteiger partial charge in [-0.1, -0.05) is 0 Å². The lowest BCUT2D eigenvalue weighted by Gasteiger charge is -1.98. The summed E-state index contributed by atoms with van der Waals surface area (Å²) >= 11 is 0. The van der Waals surface area contributed by atoms with Crippen molar-refractivity contribution in [2.45, 2.75) is 13.8 Å². The van der Waals surface area contributed by atoms with Gasteiger partial charge in [-0.3, -0.25) is 0 Å². The van der Waals surface area contributed by atoms with Crippen LogP contribution in [-0.4, -0.2) is 13.3 Å². The van der Waals surface area contributed by atoms with Crippen molar-refractivity contribution in [3.05, 3.63) is 46.7 Å². The van der Waals surface area contributed by atoms with Crippen LogP contribution in [0.1, 0.15) is 22.5 Å². The number of methoxy groups -OCH3 is 1. The number of hydrogen-bond acceptors (Lipinski definition) is 4. The fourth-order valence-corrected chi connectivity index (χ4v) is 1.65. The first kappa shape index (κ1) is 12.9. The highest BCUT2D eigenvalue weighted by Gasteiger charge is 2.12. The summed E-state index contributed by atoms with van der Waals surface area (Å²) in [4.78, 5) is 4.23. The summed E-state index contributed by atoms with van der Waals surface area (Å²) in [5, 5.41) is 9.08. The van der Waals surface area contributed by atoms with Crippen molar-refractivity contribution < 1.29 is 9.15 Å². The average molecular weight is 254 g/mol. The molecule has 2 aromatic rings. The van der Waals surface area contributed by atoms with E-state index < -0.39 is 0 Å². The van der Waals surface area contributed by atoms with Crippen molar-refractivity contribution in [1.29, 1.82) is 5.26 Å². The fraction of sp³-hybridized carbons (Fsp3) is 0.200. The molecule has 0 aliphatic carbocycles. The Bertz CT molecular complexity index is 646. The number of nitriles is 1. The summed E-state index contributed by atoms with van der Waals surface area (Å²) in [5.41, 5.74) is 2.24. The predicted octanol–water partition coefficient (Wildman–Crippen LogP) is 3.53. The summed E-state index contributed by atoms with van der Waals surface area (Å²) in [7, 11) is 1.62. The van der Waals surface area contributed by atoms with Crippen molar-refractivity contribution in [2.75, 3.05) is 7.11 Å². The number of benzene rings is 1. The minimum Gasteiger partial charge on any atom is -0.497 e. The second-order valence-corrected chi connectivity index (χ2v) is 4.11. The molecular formula is C15H14N2O2. The largest absolute Gasteiger partial charge is 0.497 e. The van der Waals surface area contributed by atoms with Crippen LogP contribution in [0.25, 0.3) is 0 Å². The molecule has 1 heterocycles. The van der Waals surface area contributed by atoms with E-state index in [0.29, 0.717) is 11.4 Å². The second kappa shape index (κ2) is 5.40. The van der Waals surface area contributed by atoms with E-state index in [1.165, 1.54) is 0 Å². The molecule has 0 atom stereocenters. The van der Waals surface area contributed by atoms with Gasteiger partial charge in [0, 0.05) is 11.8 Å². The monoisotopic (exact) mass is 254 g/mol. The van der Waals surface area contributed by atoms with Crippen LogP contribution in [0, 0.1) is 25.2 Å². The predicted molar refractivity (Wildman–Crippen MR) is 73.1 cm³/mol. The molecule has 4 heteroatoms. The van der Waals surface area contributed by atoms with Gasteiger partial charge in [0.1, 0.15) is 23.1 Å². The molecule has 0 aliphatic rings. The number of hydrogen-bond donors (Lipinski definition) is 0. The van der Waals surface area contributed by atoms with Gasteiger partial charge < -0.3 is 9.15 Å². The molecule has 0 saturated heterocycles. The molecular weight excluding hydrogens is 240 g/mol. The zero-order valence-corrected chi connectivity index (χ0v) is 11.1. The van der Waals surface area contributed by atoms with Gasteiger partial charge in [0.25, 0.3) is 0 Å². The van der Waals surface area contributed by atoms with Gasteiger partial charge in [0.15, 0.2) is 0 Å². The van der Waals surface area contributed by atoms with Crippen molar-refractivity contribution in [3.8, 4) is 11.8 Å².